The summed E-state index contributed by atoms with van der Waals surface area (Å²) in [6.07, 6.45) is 1.41. The van der Waals surface area contributed by atoms with Gasteiger partial charge in [-0.3, -0.25) is 0 Å². The van der Waals surface area contributed by atoms with Crippen molar-refractivity contribution in [3.05, 3.63) is 58.8 Å². The first-order valence-electron chi connectivity index (χ1n) is 7.30. The summed E-state index contributed by atoms with van der Waals surface area (Å²) in [4.78, 5) is 8.36. The van der Waals surface area contributed by atoms with Crippen molar-refractivity contribution in [1.29, 1.82) is 0 Å². The standard InChI is InChI=1S/C17H15Cl2N5O/c1-25-14-5-3-2-4-13(14)24-17-15(20)16(21-9-22-17)23-12-7-10(18)6-11(19)8-12/h2-9H,20H2,1H3,(H2,21,22,23,24). The number of nitrogens with zero attached hydrogens (tertiary/aromatic N) is 2. The Labute approximate surface area is 155 Å². The molecule has 8 heteroatoms. The van der Waals surface area contributed by atoms with Gasteiger partial charge in [0.15, 0.2) is 11.6 Å². The SMILES string of the molecule is COc1ccccc1Nc1ncnc(Nc2cc(Cl)cc(Cl)c2)c1N. The minimum atomic E-state index is 0.351. The van der Waals surface area contributed by atoms with Crippen molar-refractivity contribution >= 4 is 51.9 Å². The van der Waals surface area contributed by atoms with E-state index in [2.05, 4.69) is 20.6 Å². The highest BCUT2D eigenvalue weighted by atomic mass is 35.5. The van der Waals surface area contributed by atoms with Crippen molar-refractivity contribution in [2.75, 3.05) is 23.5 Å². The monoisotopic (exact) mass is 375 g/mol. The molecule has 0 saturated carbocycles. The Kier molecular flexibility index (Phi) is 5.11. The van der Waals surface area contributed by atoms with Crippen LogP contribution in [-0.2, 0) is 0 Å². The molecule has 0 atom stereocenters. The summed E-state index contributed by atoms with van der Waals surface area (Å²) in [5, 5.41) is 7.26. The van der Waals surface area contributed by atoms with Gasteiger partial charge in [-0.05, 0) is 30.3 Å². The topological polar surface area (TPSA) is 85.1 Å². The molecule has 4 N–H and O–H groups in total. The van der Waals surface area contributed by atoms with Gasteiger partial charge < -0.3 is 21.1 Å². The van der Waals surface area contributed by atoms with Crippen LogP contribution >= 0.6 is 23.2 Å². The number of nitrogens with two attached hydrogens (primary N) is 1. The zero-order valence-corrected chi connectivity index (χ0v) is 14.8. The van der Waals surface area contributed by atoms with E-state index in [9.17, 15) is 0 Å². The largest absolute Gasteiger partial charge is 0.495 e. The molecular formula is C17H15Cl2N5O. The second kappa shape index (κ2) is 7.46. The van der Waals surface area contributed by atoms with Crippen LogP contribution in [0.15, 0.2) is 48.8 Å². The molecule has 0 amide bonds. The van der Waals surface area contributed by atoms with Gasteiger partial charge in [0.1, 0.15) is 17.8 Å². The molecule has 3 aromatic rings. The van der Waals surface area contributed by atoms with E-state index in [0.717, 1.165) is 5.69 Å². The second-order valence-corrected chi connectivity index (χ2v) is 5.97. The summed E-state index contributed by atoms with van der Waals surface area (Å²) in [5.74, 6) is 1.57. The molecule has 0 aliphatic heterocycles. The fraction of sp³-hybridized carbons (Fsp3) is 0.0588. The van der Waals surface area contributed by atoms with Gasteiger partial charge in [-0.25, -0.2) is 9.97 Å². The number of halogens is 2. The highest BCUT2D eigenvalue weighted by Crippen LogP contribution is 2.32. The van der Waals surface area contributed by atoms with Crippen LogP contribution in [0.3, 0.4) is 0 Å². The lowest BCUT2D eigenvalue weighted by Gasteiger charge is -2.14. The summed E-state index contributed by atoms with van der Waals surface area (Å²) >= 11 is 12.0. The number of benzene rings is 2. The second-order valence-electron chi connectivity index (χ2n) is 5.09. The number of para-hydroxylation sites is 2. The van der Waals surface area contributed by atoms with Crippen molar-refractivity contribution < 1.29 is 4.74 Å². The maximum Gasteiger partial charge on any atom is 0.159 e. The molecule has 6 nitrogen and oxygen atoms in total. The van der Waals surface area contributed by atoms with Crippen molar-refractivity contribution in [3.8, 4) is 5.75 Å². The molecule has 1 aromatic heterocycles. The van der Waals surface area contributed by atoms with Crippen LogP contribution in [0, 0.1) is 0 Å². The number of rotatable bonds is 5. The predicted molar refractivity (Wildman–Crippen MR) is 102 cm³/mol. The molecule has 128 valence electrons. The Balaban J connectivity index is 1.89. The van der Waals surface area contributed by atoms with Gasteiger partial charge in [0.25, 0.3) is 0 Å². The Morgan fingerprint density at radius 1 is 0.960 bits per heavy atom. The van der Waals surface area contributed by atoms with E-state index in [4.69, 9.17) is 33.7 Å². The number of anilines is 5. The van der Waals surface area contributed by atoms with Crippen LogP contribution in [-0.4, -0.2) is 17.1 Å². The number of nitrogens with one attached hydrogen (secondary N) is 2. The Hall–Kier alpha value is -2.70. The summed E-state index contributed by atoms with van der Waals surface area (Å²) in [6.45, 7) is 0. The Bertz CT molecular complexity index is 884. The molecule has 0 bridgehead atoms. The molecule has 2 aromatic carbocycles. The zero-order chi connectivity index (χ0) is 17.8. The normalized spacial score (nSPS) is 10.4. The molecule has 0 spiro atoms. The van der Waals surface area contributed by atoms with Gasteiger partial charge >= 0.3 is 0 Å². The molecule has 0 aliphatic rings. The van der Waals surface area contributed by atoms with Gasteiger partial charge in [0, 0.05) is 15.7 Å². The van der Waals surface area contributed by atoms with Crippen LogP contribution in [0.4, 0.5) is 28.7 Å². The molecule has 0 aliphatic carbocycles. The number of nitrogen functional groups attached to an aromatic ring is 1. The van der Waals surface area contributed by atoms with Crippen LogP contribution < -0.4 is 21.1 Å². The Morgan fingerprint density at radius 2 is 1.60 bits per heavy atom. The summed E-state index contributed by atoms with van der Waals surface area (Å²) in [7, 11) is 1.60. The first kappa shape index (κ1) is 17.1. The minimum Gasteiger partial charge on any atom is -0.495 e. The minimum absolute atomic E-state index is 0.351. The molecule has 0 unspecified atom stereocenters. The van der Waals surface area contributed by atoms with E-state index >= 15 is 0 Å². The molecule has 0 fully saturated rings. The fourth-order valence-electron chi connectivity index (χ4n) is 2.23. The zero-order valence-electron chi connectivity index (χ0n) is 13.3. The van der Waals surface area contributed by atoms with E-state index in [0.29, 0.717) is 38.8 Å². The average Bonchev–Trinajstić information content (AvgIpc) is 2.58. The van der Waals surface area contributed by atoms with Gasteiger partial charge in [-0.2, -0.15) is 0 Å². The van der Waals surface area contributed by atoms with E-state index in [-0.39, 0.29) is 0 Å². The number of hydrogen-bond donors (Lipinski definition) is 3. The molecule has 0 saturated heterocycles. The number of hydrogen-bond acceptors (Lipinski definition) is 6. The van der Waals surface area contributed by atoms with E-state index in [1.54, 1.807) is 25.3 Å². The van der Waals surface area contributed by atoms with E-state index in [1.165, 1.54) is 6.33 Å². The summed E-state index contributed by atoms with van der Waals surface area (Å²) in [5.41, 5.74) is 7.96. The summed E-state index contributed by atoms with van der Waals surface area (Å²) < 4.78 is 5.32. The molecule has 0 radical (unpaired) electrons. The van der Waals surface area contributed by atoms with Crippen molar-refractivity contribution in [3.63, 3.8) is 0 Å². The van der Waals surface area contributed by atoms with Crippen molar-refractivity contribution in [1.82, 2.24) is 9.97 Å². The van der Waals surface area contributed by atoms with Crippen LogP contribution in [0.1, 0.15) is 0 Å². The lowest BCUT2D eigenvalue weighted by Crippen LogP contribution is -2.05. The fourth-order valence-corrected chi connectivity index (χ4v) is 2.76. The number of methoxy groups -OCH3 is 1. The highest BCUT2D eigenvalue weighted by Gasteiger charge is 2.11. The average molecular weight is 376 g/mol. The molecule has 3 rings (SSSR count). The molecular weight excluding hydrogens is 361 g/mol. The summed E-state index contributed by atoms with van der Waals surface area (Å²) in [6, 6.07) is 12.6. The van der Waals surface area contributed by atoms with Gasteiger partial charge in [0.05, 0.1) is 12.8 Å². The quantitative estimate of drug-likeness (QED) is 0.590. The molecule has 25 heavy (non-hydrogen) atoms. The van der Waals surface area contributed by atoms with E-state index < -0.39 is 0 Å². The van der Waals surface area contributed by atoms with Crippen molar-refractivity contribution in [2.45, 2.75) is 0 Å². The van der Waals surface area contributed by atoms with Gasteiger partial charge in [-0.1, -0.05) is 35.3 Å². The third kappa shape index (κ3) is 4.04. The predicted octanol–water partition coefficient (Wildman–Crippen LogP) is 4.86. The van der Waals surface area contributed by atoms with E-state index in [1.807, 2.05) is 24.3 Å². The third-order valence-electron chi connectivity index (χ3n) is 3.37. The van der Waals surface area contributed by atoms with Gasteiger partial charge in [-0.15, -0.1) is 0 Å². The maximum absolute atomic E-state index is 6.19. The maximum atomic E-state index is 6.19. The Morgan fingerprint density at radius 3 is 2.28 bits per heavy atom. The van der Waals surface area contributed by atoms with Crippen LogP contribution in [0.25, 0.3) is 0 Å². The first-order chi connectivity index (χ1) is 12.1. The van der Waals surface area contributed by atoms with Crippen molar-refractivity contribution in [2.24, 2.45) is 0 Å². The smallest absolute Gasteiger partial charge is 0.159 e. The molecule has 1 heterocycles. The van der Waals surface area contributed by atoms with Gasteiger partial charge in [0.2, 0.25) is 0 Å². The number of ether oxygens (including phenoxy) is 1. The highest BCUT2D eigenvalue weighted by molar-refractivity contribution is 6.35. The lowest BCUT2D eigenvalue weighted by molar-refractivity contribution is 0.417. The lowest BCUT2D eigenvalue weighted by atomic mass is 10.3. The van der Waals surface area contributed by atoms with Crippen LogP contribution in [0.2, 0.25) is 10.0 Å². The first-order valence-corrected chi connectivity index (χ1v) is 8.06. The van der Waals surface area contributed by atoms with Crippen LogP contribution in [0.5, 0.6) is 5.75 Å². The number of aromatic nitrogens is 2. The third-order valence-corrected chi connectivity index (χ3v) is 3.81.